The van der Waals surface area contributed by atoms with E-state index in [4.69, 9.17) is 9.47 Å². The second-order valence-electron chi connectivity index (χ2n) is 7.47. The highest BCUT2D eigenvalue weighted by atomic mass is 16.7. The molecular formula is C20H38O7. The molecule has 0 aromatic carbocycles. The summed E-state index contributed by atoms with van der Waals surface area (Å²) in [6.45, 7) is 1.69. The van der Waals surface area contributed by atoms with E-state index in [1.54, 1.807) is 0 Å². The van der Waals surface area contributed by atoms with Crippen LogP contribution in [0.1, 0.15) is 84.0 Å². The van der Waals surface area contributed by atoms with Crippen LogP contribution in [-0.4, -0.2) is 63.7 Å². The number of ether oxygens (including phenoxy) is 2. The van der Waals surface area contributed by atoms with E-state index in [1.807, 2.05) is 0 Å². The molecule has 1 aliphatic rings. The van der Waals surface area contributed by atoms with Crippen molar-refractivity contribution < 1.29 is 34.7 Å². The Morgan fingerprint density at radius 1 is 0.852 bits per heavy atom. The molecule has 0 aliphatic carbocycles. The van der Waals surface area contributed by atoms with Crippen LogP contribution in [0, 0.1) is 0 Å². The third-order valence-corrected chi connectivity index (χ3v) is 5.09. The van der Waals surface area contributed by atoms with E-state index in [2.05, 4.69) is 6.92 Å². The van der Waals surface area contributed by atoms with Gasteiger partial charge in [0.1, 0.15) is 18.3 Å². The molecule has 7 heteroatoms. The molecule has 7 nitrogen and oxygen atoms in total. The molecule has 5 atom stereocenters. The van der Waals surface area contributed by atoms with E-state index in [9.17, 15) is 25.2 Å². The van der Waals surface area contributed by atoms with Crippen molar-refractivity contribution in [2.45, 2.75) is 115 Å². The molecule has 1 rings (SSSR count). The Hall–Kier alpha value is -0.730. The predicted molar refractivity (Wildman–Crippen MR) is 101 cm³/mol. The highest BCUT2D eigenvalue weighted by Gasteiger charge is 2.45. The van der Waals surface area contributed by atoms with E-state index in [1.165, 1.54) is 51.4 Å². The van der Waals surface area contributed by atoms with Crippen LogP contribution in [0.5, 0.6) is 0 Å². The number of aliphatic hydroxyl groups excluding tert-OH is 4. The molecule has 1 saturated heterocycles. The first kappa shape index (κ1) is 24.3. The fourth-order valence-electron chi connectivity index (χ4n) is 3.36. The Labute approximate surface area is 162 Å². The summed E-state index contributed by atoms with van der Waals surface area (Å²) in [4.78, 5) is 12.0. The van der Waals surface area contributed by atoms with Crippen LogP contribution in [0.25, 0.3) is 0 Å². The van der Waals surface area contributed by atoms with Crippen LogP contribution < -0.4 is 0 Å². The van der Waals surface area contributed by atoms with E-state index in [-0.39, 0.29) is 6.42 Å². The first-order valence-electron chi connectivity index (χ1n) is 10.5. The van der Waals surface area contributed by atoms with Gasteiger partial charge < -0.3 is 29.9 Å². The zero-order valence-electron chi connectivity index (χ0n) is 16.6. The minimum absolute atomic E-state index is 0.219. The van der Waals surface area contributed by atoms with Crippen molar-refractivity contribution in [3.05, 3.63) is 0 Å². The zero-order valence-corrected chi connectivity index (χ0v) is 16.6. The minimum atomic E-state index is -1.61. The quantitative estimate of drug-likeness (QED) is 0.265. The molecule has 0 unspecified atom stereocenters. The van der Waals surface area contributed by atoms with Crippen molar-refractivity contribution in [3.63, 3.8) is 0 Å². The average molecular weight is 391 g/mol. The number of unbranched alkanes of at least 4 members (excludes halogenated alkanes) is 10. The van der Waals surface area contributed by atoms with Gasteiger partial charge in [-0.15, -0.1) is 0 Å². The molecule has 0 aromatic rings. The van der Waals surface area contributed by atoms with Gasteiger partial charge in [0.05, 0.1) is 6.61 Å². The molecule has 0 aromatic heterocycles. The number of carbonyl (C=O) groups excluding carboxylic acids is 1. The molecule has 1 heterocycles. The lowest BCUT2D eigenvalue weighted by atomic mass is 9.99. The van der Waals surface area contributed by atoms with Gasteiger partial charge in [-0.2, -0.15) is 0 Å². The molecule has 0 amide bonds. The van der Waals surface area contributed by atoms with Gasteiger partial charge >= 0.3 is 5.97 Å². The van der Waals surface area contributed by atoms with Crippen LogP contribution in [0.3, 0.4) is 0 Å². The Bertz CT molecular complexity index is 389. The molecule has 160 valence electrons. The third kappa shape index (κ3) is 9.34. The van der Waals surface area contributed by atoms with Crippen LogP contribution in [0.2, 0.25) is 0 Å². The lowest BCUT2D eigenvalue weighted by molar-refractivity contribution is -0.289. The van der Waals surface area contributed by atoms with Crippen LogP contribution in [-0.2, 0) is 14.3 Å². The Morgan fingerprint density at radius 2 is 1.37 bits per heavy atom. The van der Waals surface area contributed by atoms with Crippen LogP contribution >= 0.6 is 0 Å². The summed E-state index contributed by atoms with van der Waals surface area (Å²) in [5.74, 6) is -0.499. The van der Waals surface area contributed by atoms with Gasteiger partial charge in [-0.05, 0) is 6.42 Å². The van der Waals surface area contributed by atoms with E-state index < -0.39 is 43.3 Å². The average Bonchev–Trinajstić information content (AvgIpc) is 2.66. The molecule has 4 N–H and O–H groups in total. The fourth-order valence-corrected chi connectivity index (χ4v) is 3.36. The van der Waals surface area contributed by atoms with E-state index in [0.717, 1.165) is 12.8 Å². The zero-order chi connectivity index (χ0) is 20.1. The molecule has 27 heavy (non-hydrogen) atoms. The van der Waals surface area contributed by atoms with Crippen molar-refractivity contribution in [1.29, 1.82) is 0 Å². The van der Waals surface area contributed by atoms with Gasteiger partial charge in [0, 0.05) is 6.42 Å². The number of rotatable bonds is 14. The van der Waals surface area contributed by atoms with Gasteiger partial charge in [-0.1, -0.05) is 71.1 Å². The molecule has 0 spiro atoms. The normalized spacial score (nSPS) is 28.3. The van der Waals surface area contributed by atoms with Gasteiger partial charge in [0.15, 0.2) is 12.4 Å². The lowest BCUT2D eigenvalue weighted by Gasteiger charge is -2.39. The highest BCUT2D eigenvalue weighted by molar-refractivity contribution is 5.69. The third-order valence-electron chi connectivity index (χ3n) is 5.09. The summed E-state index contributed by atoms with van der Waals surface area (Å²) >= 11 is 0. The number of hydrogen-bond donors (Lipinski definition) is 4. The topological polar surface area (TPSA) is 116 Å². The van der Waals surface area contributed by atoms with Crippen molar-refractivity contribution in [2.24, 2.45) is 0 Å². The molecule has 1 aliphatic heterocycles. The Balaban J connectivity index is 2.09. The Morgan fingerprint density at radius 3 is 1.89 bits per heavy atom. The first-order chi connectivity index (χ1) is 13.0. The second-order valence-corrected chi connectivity index (χ2v) is 7.47. The van der Waals surface area contributed by atoms with Crippen molar-refractivity contribution in [2.75, 3.05) is 6.61 Å². The molecule has 0 radical (unpaired) electrons. The monoisotopic (exact) mass is 390 g/mol. The molecule has 0 bridgehead atoms. The predicted octanol–water partition coefficient (Wildman–Crippen LogP) is 2.03. The van der Waals surface area contributed by atoms with Gasteiger partial charge in [-0.25, -0.2) is 0 Å². The van der Waals surface area contributed by atoms with Gasteiger partial charge in [0.25, 0.3) is 0 Å². The fraction of sp³-hybridized carbons (Fsp3) is 0.950. The van der Waals surface area contributed by atoms with E-state index >= 15 is 0 Å². The van der Waals surface area contributed by atoms with Gasteiger partial charge in [0.2, 0.25) is 0 Å². The van der Waals surface area contributed by atoms with Crippen molar-refractivity contribution in [1.82, 2.24) is 0 Å². The standard InChI is InChI=1S/C20H38O7/c1-2-3-4-5-6-7-8-9-10-11-12-13-16(22)27-19-15(14-21)26-20(25)18(24)17(19)23/h15,17-21,23-25H,2-14H2,1H3/t15-,17-,18-,19-,20-/m1/s1. The lowest BCUT2D eigenvalue weighted by Crippen LogP contribution is -2.59. The largest absolute Gasteiger partial charge is 0.457 e. The molecular weight excluding hydrogens is 352 g/mol. The minimum Gasteiger partial charge on any atom is -0.457 e. The van der Waals surface area contributed by atoms with Gasteiger partial charge in [-0.3, -0.25) is 4.79 Å². The van der Waals surface area contributed by atoms with Crippen molar-refractivity contribution in [3.8, 4) is 0 Å². The van der Waals surface area contributed by atoms with E-state index in [0.29, 0.717) is 6.42 Å². The van der Waals surface area contributed by atoms with Crippen LogP contribution in [0.15, 0.2) is 0 Å². The number of esters is 1. The van der Waals surface area contributed by atoms with Crippen molar-refractivity contribution >= 4 is 5.97 Å². The highest BCUT2D eigenvalue weighted by Crippen LogP contribution is 2.23. The summed E-state index contributed by atoms with van der Waals surface area (Å²) in [6.07, 6.45) is 6.31. The second kappa shape index (κ2) is 14.3. The van der Waals surface area contributed by atoms with Crippen LogP contribution in [0.4, 0.5) is 0 Å². The Kier molecular flexibility index (Phi) is 12.9. The summed E-state index contributed by atoms with van der Waals surface area (Å²) in [7, 11) is 0. The summed E-state index contributed by atoms with van der Waals surface area (Å²) in [5, 5.41) is 38.2. The maximum absolute atomic E-state index is 12.0. The number of aliphatic hydroxyl groups is 4. The number of hydrogen-bond acceptors (Lipinski definition) is 7. The number of carbonyl (C=O) groups is 1. The summed E-state index contributed by atoms with van der Waals surface area (Å²) in [6, 6.07) is 0. The molecule has 1 fully saturated rings. The summed E-state index contributed by atoms with van der Waals surface area (Å²) in [5.41, 5.74) is 0. The maximum atomic E-state index is 12.0. The smallest absolute Gasteiger partial charge is 0.306 e. The SMILES string of the molecule is CCCCCCCCCCCCCC(=O)O[C@H]1[C@H](O)[C@@H](O)[C@H](O)O[C@@H]1CO. The molecule has 0 saturated carbocycles. The maximum Gasteiger partial charge on any atom is 0.306 e. The first-order valence-corrected chi connectivity index (χ1v) is 10.5. The summed E-state index contributed by atoms with van der Waals surface area (Å²) < 4.78 is 10.1.